The number of ether oxygens (including phenoxy) is 1. The van der Waals surface area contributed by atoms with Gasteiger partial charge >= 0.3 is 6.09 Å². The van der Waals surface area contributed by atoms with Crippen molar-refractivity contribution < 1.29 is 14.6 Å². The van der Waals surface area contributed by atoms with Crippen LogP contribution < -0.4 is 11.3 Å². The molecule has 2 aromatic heterocycles. The Hall–Kier alpha value is -4.36. The number of carbonyl (C=O) groups is 1. The van der Waals surface area contributed by atoms with E-state index in [0.717, 1.165) is 40.4 Å². The lowest BCUT2D eigenvalue weighted by molar-refractivity contribution is -0.0283. The quantitative estimate of drug-likeness (QED) is 0.411. The van der Waals surface area contributed by atoms with Crippen LogP contribution in [-0.2, 0) is 11.8 Å². The Bertz CT molecular complexity index is 1710. The molecule has 3 heterocycles. The molecular formula is C27H26N6O4. The Morgan fingerprint density at radius 1 is 1.24 bits per heavy atom. The first-order valence-electron chi connectivity index (χ1n) is 12.2. The van der Waals surface area contributed by atoms with E-state index in [1.165, 1.54) is 4.90 Å². The van der Waals surface area contributed by atoms with Gasteiger partial charge in [-0.1, -0.05) is 18.2 Å². The van der Waals surface area contributed by atoms with Gasteiger partial charge in [-0.05, 0) is 48.6 Å². The Morgan fingerprint density at radius 3 is 2.73 bits per heavy atom. The lowest BCUT2D eigenvalue weighted by Crippen LogP contribution is -2.42. The maximum absolute atomic E-state index is 13.9. The average Bonchev–Trinajstić information content (AvgIpc) is 3.67. The highest BCUT2D eigenvalue weighted by molar-refractivity contribution is 6.05. The maximum Gasteiger partial charge on any atom is 0.407 e. The number of imidazole rings is 1. The Labute approximate surface area is 212 Å². The van der Waals surface area contributed by atoms with Gasteiger partial charge in [-0.3, -0.25) is 4.79 Å². The first-order chi connectivity index (χ1) is 17.8. The van der Waals surface area contributed by atoms with Crippen LogP contribution in [0.25, 0.3) is 33.1 Å². The van der Waals surface area contributed by atoms with E-state index in [-0.39, 0.29) is 24.8 Å². The van der Waals surface area contributed by atoms with Crippen LogP contribution in [0.15, 0.2) is 35.1 Å². The summed E-state index contributed by atoms with van der Waals surface area (Å²) in [5.74, 6) is 0.534. The number of amides is 1. The molecule has 1 saturated heterocycles. The summed E-state index contributed by atoms with van der Waals surface area (Å²) in [6.45, 7) is 2.72. The minimum absolute atomic E-state index is 0.105. The van der Waals surface area contributed by atoms with Crippen LogP contribution in [0.5, 0.6) is 0 Å². The zero-order valence-electron chi connectivity index (χ0n) is 20.6. The number of rotatable bonds is 3. The monoisotopic (exact) mass is 498 g/mol. The molecule has 1 aliphatic heterocycles. The predicted octanol–water partition coefficient (Wildman–Crippen LogP) is 3.70. The molecule has 1 saturated carbocycles. The van der Waals surface area contributed by atoms with Gasteiger partial charge < -0.3 is 29.6 Å². The molecule has 188 valence electrons. The third-order valence-electron chi connectivity index (χ3n) is 7.50. The summed E-state index contributed by atoms with van der Waals surface area (Å²) >= 11 is 0. The number of nitrogens with zero attached hydrogens (tertiary/aromatic N) is 5. The minimum Gasteiger partial charge on any atom is -0.465 e. The number of benzene rings is 2. The average molecular weight is 499 g/mol. The molecule has 37 heavy (non-hydrogen) atoms. The molecule has 4 aromatic rings. The van der Waals surface area contributed by atoms with Crippen molar-refractivity contribution in [1.29, 1.82) is 5.26 Å². The van der Waals surface area contributed by atoms with Gasteiger partial charge in [0, 0.05) is 30.7 Å². The fourth-order valence-electron chi connectivity index (χ4n) is 5.47. The van der Waals surface area contributed by atoms with Gasteiger partial charge in [0.05, 0.1) is 29.7 Å². The van der Waals surface area contributed by atoms with Crippen LogP contribution in [0.2, 0.25) is 0 Å². The van der Waals surface area contributed by atoms with E-state index < -0.39 is 12.2 Å². The van der Waals surface area contributed by atoms with Gasteiger partial charge in [-0.25, -0.2) is 9.78 Å². The van der Waals surface area contributed by atoms with Crippen molar-refractivity contribution in [3.05, 3.63) is 57.6 Å². The summed E-state index contributed by atoms with van der Waals surface area (Å²) in [6, 6.07) is 11.6. The van der Waals surface area contributed by atoms with Crippen LogP contribution in [0.1, 0.15) is 41.9 Å². The zero-order chi connectivity index (χ0) is 26.0. The number of aryl methyl sites for hydroxylation is 2. The number of carboxylic acid groups (broad SMARTS) is 1. The SMILES string of the molecule is Cc1c(-c2ccc(N)c(C#N)c2)ccc2c3c(nc([C@H]4CN(C(=O)O)CCO4)n3C)c(=O)n(C3CC3)c12. The molecule has 2 aromatic carbocycles. The predicted molar refractivity (Wildman–Crippen MR) is 138 cm³/mol. The van der Waals surface area contributed by atoms with E-state index in [1.54, 1.807) is 12.1 Å². The standard InChI is InChI=1S/C27H26N6O4/c1-14-18(15-3-8-20(29)16(11-15)12-28)6-7-19-23(14)33(17-4-5-17)26(34)22-24(19)31(2)25(30-22)21-13-32(27(35)36)9-10-37-21/h3,6-8,11,17,21H,4-5,9-10,13,29H2,1-2H3,(H,35,36)/t21-/m1/s1. The topological polar surface area (TPSA) is 139 Å². The highest BCUT2D eigenvalue weighted by Gasteiger charge is 2.33. The largest absolute Gasteiger partial charge is 0.465 e. The van der Waals surface area contributed by atoms with Crippen molar-refractivity contribution >= 4 is 33.7 Å². The summed E-state index contributed by atoms with van der Waals surface area (Å²) in [5.41, 5.74) is 11.2. The second-order valence-electron chi connectivity index (χ2n) is 9.77. The van der Waals surface area contributed by atoms with Gasteiger partial charge in [-0.15, -0.1) is 0 Å². The van der Waals surface area contributed by atoms with E-state index >= 15 is 0 Å². The van der Waals surface area contributed by atoms with Crippen LogP contribution in [-0.4, -0.2) is 49.9 Å². The molecule has 1 amide bonds. The number of nitrogen functional groups attached to an aromatic ring is 1. The van der Waals surface area contributed by atoms with Gasteiger partial charge in [0.25, 0.3) is 5.56 Å². The van der Waals surface area contributed by atoms with E-state index in [1.807, 2.05) is 41.3 Å². The van der Waals surface area contributed by atoms with Gasteiger partial charge in [0.1, 0.15) is 18.0 Å². The molecule has 0 spiro atoms. The number of nitrogens with two attached hydrogens (primary N) is 1. The first kappa shape index (κ1) is 23.1. The smallest absolute Gasteiger partial charge is 0.407 e. The number of anilines is 1. The fraction of sp³-hybridized carbons (Fsp3) is 0.333. The van der Waals surface area contributed by atoms with Crippen molar-refractivity contribution in [3.63, 3.8) is 0 Å². The highest BCUT2D eigenvalue weighted by atomic mass is 16.5. The molecule has 6 rings (SSSR count). The molecule has 1 atom stereocenters. The second-order valence-corrected chi connectivity index (χ2v) is 9.77. The Balaban J connectivity index is 1.60. The van der Waals surface area contributed by atoms with E-state index in [2.05, 4.69) is 6.07 Å². The number of nitriles is 1. The number of fused-ring (bicyclic) bond motifs is 3. The molecule has 10 heteroatoms. The van der Waals surface area contributed by atoms with Crippen molar-refractivity contribution in [1.82, 2.24) is 19.0 Å². The molecule has 0 radical (unpaired) electrons. The van der Waals surface area contributed by atoms with Gasteiger partial charge in [-0.2, -0.15) is 5.26 Å². The highest BCUT2D eigenvalue weighted by Crippen LogP contribution is 2.41. The summed E-state index contributed by atoms with van der Waals surface area (Å²) in [6.07, 6.45) is 0.275. The van der Waals surface area contributed by atoms with Crippen LogP contribution in [0.4, 0.5) is 10.5 Å². The molecule has 1 aliphatic carbocycles. The number of hydrogen-bond acceptors (Lipinski definition) is 6. The van der Waals surface area contributed by atoms with Gasteiger partial charge in [0.15, 0.2) is 5.52 Å². The molecule has 0 bridgehead atoms. The van der Waals surface area contributed by atoms with Gasteiger partial charge in [0.2, 0.25) is 0 Å². The lowest BCUT2D eigenvalue weighted by atomic mass is 9.95. The summed E-state index contributed by atoms with van der Waals surface area (Å²) in [7, 11) is 1.84. The van der Waals surface area contributed by atoms with E-state index in [9.17, 15) is 20.0 Å². The number of pyridine rings is 1. The Morgan fingerprint density at radius 2 is 2.03 bits per heavy atom. The molecule has 3 N–H and O–H groups in total. The third kappa shape index (κ3) is 3.54. The summed E-state index contributed by atoms with van der Waals surface area (Å²) in [5, 5.41) is 19.8. The number of aromatic nitrogens is 3. The molecule has 10 nitrogen and oxygen atoms in total. The molecule has 0 unspecified atom stereocenters. The molecular weight excluding hydrogens is 472 g/mol. The third-order valence-corrected chi connectivity index (χ3v) is 7.50. The lowest BCUT2D eigenvalue weighted by Gasteiger charge is -2.30. The van der Waals surface area contributed by atoms with Crippen LogP contribution in [0.3, 0.4) is 0 Å². The Kier molecular flexibility index (Phi) is 5.21. The number of morpholine rings is 1. The maximum atomic E-state index is 13.9. The second kappa shape index (κ2) is 8.35. The van der Waals surface area contributed by atoms with Crippen molar-refractivity contribution in [2.45, 2.75) is 31.9 Å². The number of hydrogen-bond donors (Lipinski definition) is 2. The summed E-state index contributed by atoms with van der Waals surface area (Å²) in [4.78, 5) is 31.5. The van der Waals surface area contributed by atoms with E-state index in [0.29, 0.717) is 34.7 Å². The molecule has 2 aliphatic rings. The molecule has 2 fully saturated rings. The fourth-order valence-corrected chi connectivity index (χ4v) is 5.47. The van der Waals surface area contributed by atoms with Crippen LogP contribution in [0, 0.1) is 18.3 Å². The van der Waals surface area contributed by atoms with Crippen LogP contribution >= 0.6 is 0 Å². The van der Waals surface area contributed by atoms with Crippen molar-refractivity contribution in [3.8, 4) is 17.2 Å². The normalized spacial score (nSPS) is 17.9. The van der Waals surface area contributed by atoms with Crippen molar-refractivity contribution in [2.75, 3.05) is 25.4 Å². The zero-order valence-corrected chi connectivity index (χ0v) is 20.6. The van der Waals surface area contributed by atoms with E-state index in [4.69, 9.17) is 15.5 Å². The first-order valence-corrected chi connectivity index (χ1v) is 12.2. The summed E-state index contributed by atoms with van der Waals surface area (Å²) < 4.78 is 9.62. The van der Waals surface area contributed by atoms with Crippen molar-refractivity contribution in [2.24, 2.45) is 7.05 Å². The minimum atomic E-state index is -1.00.